The van der Waals surface area contributed by atoms with Gasteiger partial charge in [0.2, 0.25) is 11.8 Å². The van der Waals surface area contributed by atoms with Crippen LogP contribution in [-0.2, 0) is 47.0 Å². The number of imidazole rings is 1. The number of non-ortho nitro benzene ring substituents is 2. The van der Waals surface area contributed by atoms with Crippen LogP contribution in [0.1, 0.15) is 53.3 Å². The maximum Gasteiger partial charge on any atom is 0.414 e. The quantitative estimate of drug-likeness (QED) is 0.0265. The van der Waals surface area contributed by atoms with Gasteiger partial charge in [0, 0.05) is 43.5 Å². The van der Waals surface area contributed by atoms with Crippen LogP contribution in [0.5, 0.6) is 17.4 Å². The lowest BCUT2D eigenvalue weighted by molar-refractivity contribution is -0.385. The maximum absolute atomic E-state index is 13.3. The van der Waals surface area contributed by atoms with Crippen molar-refractivity contribution in [3.8, 4) is 17.4 Å². The van der Waals surface area contributed by atoms with Crippen LogP contribution in [0.2, 0.25) is 0 Å². The summed E-state index contributed by atoms with van der Waals surface area (Å²) < 4.78 is 44.1. The zero-order valence-electron chi connectivity index (χ0n) is 39.9. The first-order valence-electron chi connectivity index (χ1n) is 23.2. The van der Waals surface area contributed by atoms with Crippen molar-refractivity contribution in [1.82, 2.24) is 19.5 Å². The van der Waals surface area contributed by atoms with Crippen molar-refractivity contribution in [2.75, 3.05) is 39.4 Å². The van der Waals surface area contributed by atoms with Crippen molar-refractivity contribution >= 4 is 46.5 Å². The molecular formula is C52H49N7O15. The number of amides is 1. The summed E-state index contributed by atoms with van der Waals surface area (Å²) in [5, 5.41) is 34.2. The molecule has 0 radical (unpaired) electrons. The molecule has 382 valence electrons. The highest BCUT2D eigenvalue weighted by Gasteiger charge is 2.47. The van der Waals surface area contributed by atoms with Gasteiger partial charge in [-0.2, -0.15) is 9.97 Å². The van der Waals surface area contributed by atoms with E-state index in [1.54, 1.807) is 43.1 Å². The van der Waals surface area contributed by atoms with Crippen molar-refractivity contribution in [2.45, 2.75) is 56.1 Å². The van der Waals surface area contributed by atoms with Gasteiger partial charge in [-0.1, -0.05) is 78.9 Å². The fourth-order valence-electron chi connectivity index (χ4n) is 8.34. The number of nitrogens with one attached hydrogen (secondary N) is 1. The number of fused-ring (bicyclic) bond motifs is 1. The smallest absolute Gasteiger partial charge is 0.414 e. The van der Waals surface area contributed by atoms with E-state index in [0.29, 0.717) is 34.6 Å². The molecule has 1 fully saturated rings. The number of anilines is 1. The van der Waals surface area contributed by atoms with Gasteiger partial charge < -0.3 is 38.3 Å². The van der Waals surface area contributed by atoms with Crippen LogP contribution < -0.4 is 19.5 Å². The largest absolute Gasteiger partial charge is 0.497 e. The number of ether oxygens (including phenoxy) is 7. The molecule has 2 aromatic heterocycles. The lowest BCUT2D eigenvalue weighted by atomic mass is 9.79. The molecule has 2 N–H and O–H groups in total. The molecule has 7 aromatic rings. The number of hydrogen-bond donors (Lipinski definition) is 2. The third-order valence-electron chi connectivity index (χ3n) is 12.1. The number of benzene rings is 5. The lowest BCUT2D eigenvalue weighted by Crippen LogP contribution is -2.41. The number of carboxylic acid groups (broad SMARTS) is 1. The minimum Gasteiger partial charge on any atom is -0.497 e. The highest BCUT2D eigenvalue weighted by Crippen LogP contribution is 2.46. The number of carbonyl (C=O) groups is 3. The standard InChI is InChI=1S/C52H49N7O15/c1-68-40-20-12-36(13-21-40)52(35-6-4-3-5-7-35,37-14-22-41(69-2)23-15-37)74-42-30-44(73-43(42)31-72-46(62)25-24-45(60)61)57-32-53-47-48(57)54-50(55-49(47)70-28-26-33-8-16-38(17-9-33)58(64)65)56-51(63)71-29-27-34-10-18-39(19-11-34)59(66)67/h3-23,32,42-44H,24-31H2,1-2H3,(H,60,61)(H,54,55,56,63)/t42-,43+,44+/m0/s1. The molecule has 0 spiro atoms. The Hall–Kier alpha value is -9.02. The van der Waals surface area contributed by atoms with E-state index in [1.165, 1.54) is 30.6 Å². The molecule has 3 atom stereocenters. The van der Waals surface area contributed by atoms with E-state index in [2.05, 4.69) is 20.3 Å². The Morgan fingerprint density at radius 1 is 0.743 bits per heavy atom. The molecule has 22 heteroatoms. The number of nitro benzene ring substituents is 2. The molecular weight excluding hydrogens is 963 g/mol. The summed E-state index contributed by atoms with van der Waals surface area (Å²) in [6.07, 6.45) is -2.43. The molecule has 5 aromatic carbocycles. The Morgan fingerprint density at radius 3 is 1.86 bits per heavy atom. The minimum absolute atomic E-state index is 0.0271. The predicted octanol–water partition coefficient (Wildman–Crippen LogP) is 8.15. The van der Waals surface area contributed by atoms with Gasteiger partial charge in [-0.15, -0.1) is 0 Å². The Kier molecular flexibility index (Phi) is 16.3. The molecule has 0 bridgehead atoms. The summed E-state index contributed by atoms with van der Waals surface area (Å²) in [5.74, 6) is -0.984. The molecule has 3 heterocycles. The first-order chi connectivity index (χ1) is 35.8. The third kappa shape index (κ3) is 12.2. The second-order valence-corrected chi connectivity index (χ2v) is 16.7. The number of hydrogen-bond acceptors (Lipinski definition) is 17. The van der Waals surface area contributed by atoms with Crippen molar-refractivity contribution in [3.63, 3.8) is 0 Å². The van der Waals surface area contributed by atoms with Crippen LogP contribution in [0.25, 0.3) is 11.2 Å². The molecule has 1 aliphatic heterocycles. The lowest BCUT2D eigenvalue weighted by Gasteiger charge is -2.39. The molecule has 8 rings (SSSR count). The number of carbonyl (C=O) groups excluding carboxylic acids is 2. The van der Waals surface area contributed by atoms with E-state index < -0.39 is 58.3 Å². The van der Waals surface area contributed by atoms with Crippen molar-refractivity contribution in [2.24, 2.45) is 0 Å². The van der Waals surface area contributed by atoms with Crippen molar-refractivity contribution in [1.29, 1.82) is 0 Å². The summed E-state index contributed by atoms with van der Waals surface area (Å²) in [4.78, 5) is 72.7. The van der Waals surface area contributed by atoms with Gasteiger partial charge in [0.25, 0.3) is 11.4 Å². The molecule has 0 saturated carbocycles. The molecule has 1 saturated heterocycles. The summed E-state index contributed by atoms with van der Waals surface area (Å²) in [7, 11) is 3.13. The number of aliphatic carboxylic acids is 1. The van der Waals surface area contributed by atoms with E-state index in [1.807, 2.05) is 78.9 Å². The average Bonchev–Trinajstić information content (AvgIpc) is 4.03. The highest BCUT2D eigenvalue weighted by atomic mass is 16.6. The molecule has 0 aliphatic carbocycles. The second-order valence-electron chi connectivity index (χ2n) is 16.7. The van der Waals surface area contributed by atoms with E-state index in [9.17, 15) is 39.7 Å². The number of carboxylic acids is 1. The van der Waals surface area contributed by atoms with Crippen molar-refractivity contribution < 1.29 is 62.5 Å². The fraction of sp³-hybridized carbons (Fsp3) is 0.269. The Bertz CT molecular complexity index is 3040. The number of nitro groups is 2. The predicted molar refractivity (Wildman–Crippen MR) is 263 cm³/mol. The third-order valence-corrected chi connectivity index (χ3v) is 12.1. The van der Waals surface area contributed by atoms with E-state index in [-0.39, 0.29) is 73.5 Å². The average molecular weight is 1010 g/mol. The molecule has 22 nitrogen and oxygen atoms in total. The van der Waals surface area contributed by atoms with Gasteiger partial charge in [0.1, 0.15) is 36.0 Å². The van der Waals surface area contributed by atoms with E-state index in [0.717, 1.165) is 11.1 Å². The zero-order chi connectivity index (χ0) is 52.2. The second kappa shape index (κ2) is 23.5. The Labute approximate surface area is 422 Å². The van der Waals surface area contributed by atoms with Crippen LogP contribution in [0, 0.1) is 20.2 Å². The Morgan fingerprint density at radius 2 is 1.31 bits per heavy atom. The van der Waals surface area contributed by atoms with Gasteiger partial charge in [-0.3, -0.25) is 39.7 Å². The fourth-order valence-corrected chi connectivity index (χ4v) is 8.34. The Balaban J connectivity index is 1.14. The molecule has 1 amide bonds. The van der Waals surface area contributed by atoms with Gasteiger partial charge in [-0.05, 0) is 52.1 Å². The van der Waals surface area contributed by atoms with E-state index >= 15 is 0 Å². The first kappa shape index (κ1) is 51.3. The number of methoxy groups -OCH3 is 2. The van der Waals surface area contributed by atoms with Gasteiger partial charge >= 0.3 is 18.0 Å². The summed E-state index contributed by atoms with van der Waals surface area (Å²) in [5.41, 5.74) is 2.40. The van der Waals surface area contributed by atoms with Gasteiger partial charge in [0.05, 0.1) is 62.6 Å². The van der Waals surface area contributed by atoms with Crippen molar-refractivity contribution in [3.05, 3.63) is 182 Å². The highest BCUT2D eigenvalue weighted by molar-refractivity contribution is 5.85. The maximum atomic E-state index is 13.3. The normalized spacial score (nSPS) is 15.2. The summed E-state index contributed by atoms with van der Waals surface area (Å²) >= 11 is 0. The van der Waals surface area contributed by atoms with E-state index in [4.69, 9.17) is 33.2 Å². The monoisotopic (exact) mass is 1010 g/mol. The molecule has 74 heavy (non-hydrogen) atoms. The number of esters is 1. The van der Waals surface area contributed by atoms with Crippen LogP contribution in [0.4, 0.5) is 22.1 Å². The zero-order valence-corrected chi connectivity index (χ0v) is 39.9. The summed E-state index contributed by atoms with van der Waals surface area (Å²) in [6, 6.07) is 36.2. The number of rotatable bonds is 23. The van der Waals surface area contributed by atoms with Crippen LogP contribution in [0.3, 0.4) is 0 Å². The van der Waals surface area contributed by atoms with Gasteiger partial charge in [0.15, 0.2) is 11.2 Å². The number of nitrogens with zero attached hydrogens (tertiary/aromatic N) is 6. The number of aromatic nitrogens is 4. The van der Waals surface area contributed by atoms with Gasteiger partial charge in [-0.25, -0.2) is 9.78 Å². The van der Waals surface area contributed by atoms with Crippen LogP contribution in [0.15, 0.2) is 134 Å². The van der Waals surface area contributed by atoms with Crippen LogP contribution >= 0.6 is 0 Å². The van der Waals surface area contributed by atoms with Crippen LogP contribution in [-0.4, -0.2) is 98.8 Å². The first-order valence-corrected chi connectivity index (χ1v) is 23.2. The molecule has 0 unspecified atom stereocenters. The topological polar surface area (TPSA) is 278 Å². The molecule has 1 aliphatic rings. The SMILES string of the molecule is COc1ccc(C(O[C@H]2C[C@H](n3cnc4c(OCCc5ccc([N+](=O)[O-])cc5)nc(NC(=O)OCCc5ccc([N+](=O)[O-])cc5)nc43)O[C@@H]2COC(=O)CCC(=O)O)(c2ccccc2)c2ccc(OC)cc2)cc1. The minimum atomic E-state index is -1.35. The summed E-state index contributed by atoms with van der Waals surface area (Å²) in [6.45, 7) is -0.411.